The Hall–Kier alpha value is -3.77. The molecule has 0 radical (unpaired) electrons. The van der Waals surface area contributed by atoms with Gasteiger partial charge >= 0.3 is 0 Å². The first-order valence-electron chi connectivity index (χ1n) is 11.0. The number of carbonyl (C=O) groups excluding carboxylic acids is 1. The van der Waals surface area contributed by atoms with Crippen molar-refractivity contribution in [1.29, 1.82) is 0 Å². The fourth-order valence-electron chi connectivity index (χ4n) is 3.43. The van der Waals surface area contributed by atoms with Crippen LogP contribution in [-0.2, 0) is 24.8 Å². The van der Waals surface area contributed by atoms with Crippen molar-refractivity contribution in [3.8, 4) is 11.5 Å². The standard InChI is InChI=1S/C25H29N3O7S2/c1-18-9-12-22(13-10-18)37(32,33)28(21-11-14-23(34-3)24(16-21)35-4)17-25(29)26-19-7-6-8-20(15-19)27(2)36(5,30)31/h6-16H,17H2,1-5H3,(H,26,29). The molecule has 0 heterocycles. The van der Waals surface area contributed by atoms with Crippen LogP contribution >= 0.6 is 0 Å². The number of ether oxygens (including phenoxy) is 2. The van der Waals surface area contributed by atoms with Crippen molar-refractivity contribution in [2.24, 2.45) is 0 Å². The van der Waals surface area contributed by atoms with E-state index in [1.807, 2.05) is 6.92 Å². The minimum atomic E-state index is -4.16. The molecule has 0 saturated carbocycles. The third-order valence-electron chi connectivity index (χ3n) is 5.54. The molecular formula is C25H29N3O7S2. The van der Waals surface area contributed by atoms with Gasteiger partial charge in [0.25, 0.3) is 10.0 Å². The average Bonchev–Trinajstić information content (AvgIpc) is 2.86. The lowest BCUT2D eigenvalue weighted by Gasteiger charge is -2.25. The number of methoxy groups -OCH3 is 2. The number of sulfonamides is 2. The molecule has 0 atom stereocenters. The van der Waals surface area contributed by atoms with Gasteiger partial charge in [-0.1, -0.05) is 23.8 Å². The van der Waals surface area contributed by atoms with Gasteiger partial charge in [0, 0.05) is 18.8 Å². The third-order valence-corrected chi connectivity index (χ3v) is 8.54. The molecule has 3 aromatic carbocycles. The fourth-order valence-corrected chi connectivity index (χ4v) is 5.34. The van der Waals surface area contributed by atoms with Crippen molar-refractivity contribution in [3.05, 3.63) is 72.3 Å². The molecule has 12 heteroatoms. The van der Waals surface area contributed by atoms with Crippen molar-refractivity contribution < 1.29 is 31.1 Å². The second-order valence-electron chi connectivity index (χ2n) is 8.19. The molecule has 0 saturated heterocycles. The number of hydrogen-bond donors (Lipinski definition) is 1. The molecule has 0 aliphatic carbocycles. The predicted molar refractivity (Wildman–Crippen MR) is 144 cm³/mol. The maximum atomic E-state index is 13.6. The Bertz CT molecular complexity index is 1490. The van der Waals surface area contributed by atoms with Crippen molar-refractivity contribution in [1.82, 2.24) is 0 Å². The van der Waals surface area contributed by atoms with Crippen molar-refractivity contribution in [3.63, 3.8) is 0 Å². The lowest BCUT2D eigenvalue weighted by Crippen LogP contribution is -2.38. The van der Waals surface area contributed by atoms with Gasteiger partial charge in [0.05, 0.1) is 36.7 Å². The zero-order valence-electron chi connectivity index (χ0n) is 21.1. The Morgan fingerprint density at radius 3 is 2.11 bits per heavy atom. The van der Waals surface area contributed by atoms with Gasteiger partial charge in [0.15, 0.2) is 11.5 Å². The second kappa shape index (κ2) is 11.1. The molecule has 198 valence electrons. The topological polar surface area (TPSA) is 122 Å². The highest BCUT2D eigenvalue weighted by Crippen LogP contribution is 2.34. The number of benzene rings is 3. The molecule has 0 aromatic heterocycles. The van der Waals surface area contributed by atoms with Gasteiger partial charge in [0.1, 0.15) is 6.54 Å². The number of aryl methyl sites for hydroxylation is 1. The van der Waals surface area contributed by atoms with E-state index in [1.54, 1.807) is 36.4 Å². The molecule has 0 aliphatic rings. The molecule has 0 spiro atoms. The van der Waals surface area contributed by atoms with E-state index < -0.39 is 32.5 Å². The highest BCUT2D eigenvalue weighted by atomic mass is 32.2. The van der Waals surface area contributed by atoms with Crippen molar-refractivity contribution in [2.75, 3.05) is 48.0 Å². The second-order valence-corrected chi connectivity index (χ2v) is 12.1. The number of anilines is 3. The lowest BCUT2D eigenvalue weighted by atomic mass is 10.2. The van der Waals surface area contributed by atoms with Crippen molar-refractivity contribution in [2.45, 2.75) is 11.8 Å². The Labute approximate surface area is 217 Å². The van der Waals surface area contributed by atoms with Crippen LogP contribution in [0.3, 0.4) is 0 Å². The maximum absolute atomic E-state index is 13.6. The number of amides is 1. The lowest BCUT2D eigenvalue weighted by molar-refractivity contribution is -0.114. The van der Waals surface area contributed by atoms with E-state index in [9.17, 15) is 21.6 Å². The highest BCUT2D eigenvalue weighted by Gasteiger charge is 2.28. The molecule has 10 nitrogen and oxygen atoms in total. The first kappa shape index (κ1) is 27.8. The van der Waals surface area contributed by atoms with E-state index in [-0.39, 0.29) is 10.6 Å². The normalized spacial score (nSPS) is 11.5. The summed E-state index contributed by atoms with van der Waals surface area (Å²) in [5, 5.41) is 2.65. The Morgan fingerprint density at radius 1 is 0.865 bits per heavy atom. The van der Waals surface area contributed by atoms with Crippen LogP contribution in [0.1, 0.15) is 5.56 Å². The molecule has 0 unspecified atom stereocenters. The molecule has 3 aromatic rings. The maximum Gasteiger partial charge on any atom is 0.264 e. The molecule has 0 aliphatic heterocycles. The molecule has 0 fully saturated rings. The van der Waals surface area contributed by atoms with Gasteiger partial charge in [-0.3, -0.25) is 13.4 Å². The molecule has 1 N–H and O–H groups in total. The quantitative estimate of drug-likeness (QED) is 0.413. The van der Waals surface area contributed by atoms with E-state index in [1.165, 1.54) is 51.6 Å². The van der Waals surface area contributed by atoms with Crippen LogP contribution in [0.5, 0.6) is 11.5 Å². The van der Waals surface area contributed by atoms with Crippen LogP contribution in [-0.4, -0.2) is 56.8 Å². The molecule has 0 bridgehead atoms. The number of nitrogens with one attached hydrogen (secondary N) is 1. The number of rotatable bonds is 10. The monoisotopic (exact) mass is 547 g/mol. The Morgan fingerprint density at radius 2 is 1.51 bits per heavy atom. The largest absolute Gasteiger partial charge is 0.493 e. The summed E-state index contributed by atoms with van der Waals surface area (Å²) < 4.78 is 63.7. The SMILES string of the molecule is COc1ccc(N(CC(=O)Nc2cccc(N(C)S(C)(=O)=O)c2)S(=O)(=O)c2ccc(C)cc2)cc1OC. The van der Waals surface area contributed by atoms with Crippen LogP contribution in [0.25, 0.3) is 0 Å². The average molecular weight is 548 g/mol. The summed E-state index contributed by atoms with van der Waals surface area (Å²) in [6.07, 6.45) is 1.06. The number of carbonyl (C=O) groups is 1. The summed E-state index contributed by atoms with van der Waals surface area (Å²) in [5.41, 5.74) is 1.72. The van der Waals surface area contributed by atoms with Gasteiger partial charge in [0.2, 0.25) is 15.9 Å². The van der Waals surface area contributed by atoms with Crippen LogP contribution in [0.2, 0.25) is 0 Å². The van der Waals surface area contributed by atoms with Crippen molar-refractivity contribution >= 4 is 43.0 Å². The van der Waals surface area contributed by atoms with Gasteiger partial charge in [-0.05, 0) is 49.4 Å². The fraction of sp³-hybridized carbons (Fsp3) is 0.240. The zero-order chi connectivity index (χ0) is 27.4. The number of hydrogen-bond acceptors (Lipinski definition) is 7. The first-order chi connectivity index (χ1) is 17.4. The minimum Gasteiger partial charge on any atom is -0.493 e. The number of nitrogens with zero attached hydrogens (tertiary/aromatic N) is 2. The van der Waals surface area contributed by atoms with E-state index in [0.717, 1.165) is 20.4 Å². The van der Waals surface area contributed by atoms with Gasteiger partial charge in [-0.15, -0.1) is 0 Å². The molecule has 37 heavy (non-hydrogen) atoms. The first-order valence-corrected chi connectivity index (χ1v) is 14.3. The minimum absolute atomic E-state index is 0.0115. The summed E-state index contributed by atoms with van der Waals surface area (Å²) in [4.78, 5) is 13.1. The van der Waals surface area contributed by atoms with Crippen LogP contribution in [0.15, 0.2) is 71.6 Å². The van der Waals surface area contributed by atoms with Gasteiger partial charge in [-0.25, -0.2) is 16.8 Å². The van der Waals surface area contributed by atoms with E-state index in [4.69, 9.17) is 9.47 Å². The van der Waals surface area contributed by atoms with E-state index in [0.29, 0.717) is 22.9 Å². The summed E-state index contributed by atoms with van der Waals surface area (Å²) in [6.45, 7) is 1.28. The zero-order valence-corrected chi connectivity index (χ0v) is 22.8. The molecular weight excluding hydrogens is 518 g/mol. The van der Waals surface area contributed by atoms with Gasteiger partial charge in [-0.2, -0.15) is 0 Å². The van der Waals surface area contributed by atoms with E-state index in [2.05, 4.69) is 5.32 Å². The van der Waals surface area contributed by atoms with Gasteiger partial charge < -0.3 is 14.8 Å². The summed E-state index contributed by atoms with van der Waals surface area (Å²) in [7, 11) is -3.39. The van der Waals surface area contributed by atoms with Crippen LogP contribution in [0.4, 0.5) is 17.1 Å². The van der Waals surface area contributed by atoms with E-state index >= 15 is 0 Å². The highest BCUT2D eigenvalue weighted by molar-refractivity contribution is 7.93. The Kier molecular flexibility index (Phi) is 8.34. The Balaban J connectivity index is 1.98. The third kappa shape index (κ3) is 6.52. The summed E-state index contributed by atoms with van der Waals surface area (Å²) >= 11 is 0. The molecule has 3 rings (SSSR count). The summed E-state index contributed by atoms with van der Waals surface area (Å²) in [6, 6.07) is 17.0. The summed E-state index contributed by atoms with van der Waals surface area (Å²) in [5.74, 6) is 0.0563. The predicted octanol–water partition coefficient (Wildman–Crippen LogP) is 3.24. The smallest absolute Gasteiger partial charge is 0.264 e. The molecule has 1 amide bonds. The van der Waals surface area contributed by atoms with Crippen LogP contribution in [0, 0.1) is 6.92 Å². The van der Waals surface area contributed by atoms with Crippen LogP contribution < -0.4 is 23.4 Å².